The maximum atomic E-state index is 13.7. The first-order valence-electron chi connectivity index (χ1n) is 12.1. The number of hydrogen-bond acceptors (Lipinski definition) is 6. The molecule has 188 valence electrons. The number of hydrogen-bond donors (Lipinski definition) is 0. The average molecular weight is 546 g/mol. The first-order valence-corrected chi connectivity index (χ1v) is 12.9. The fourth-order valence-electron chi connectivity index (χ4n) is 4.57. The number of halogens is 1. The van der Waals surface area contributed by atoms with Gasteiger partial charge in [-0.15, -0.1) is 0 Å². The number of rotatable bonds is 8. The number of carbonyl (C=O) groups is 4. The van der Waals surface area contributed by atoms with Gasteiger partial charge in [0, 0.05) is 28.1 Å². The van der Waals surface area contributed by atoms with E-state index in [0.29, 0.717) is 24.8 Å². The van der Waals surface area contributed by atoms with Crippen LogP contribution < -0.4 is 0 Å². The van der Waals surface area contributed by atoms with Crippen molar-refractivity contribution < 1.29 is 28.7 Å². The highest BCUT2D eigenvalue weighted by Crippen LogP contribution is 2.31. The third-order valence-corrected chi connectivity index (χ3v) is 7.00. The number of allylic oxidation sites excluding steroid dienone is 2. The molecule has 0 N–H and O–H groups in total. The van der Waals surface area contributed by atoms with Gasteiger partial charge in [-0.2, -0.15) is 0 Å². The van der Waals surface area contributed by atoms with Gasteiger partial charge < -0.3 is 14.4 Å². The Hall–Kier alpha value is -2.74. The normalized spacial score (nSPS) is 19.6. The van der Waals surface area contributed by atoms with Crippen LogP contribution in [0.4, 0.5) is 0 Å². The highest BCUT2D eigenvalue weighted by Gasteiger charge is 2.37. The van der Waals surface area contributed by atoms with Gasteiger partial charge in [-0.1, -0.05) is 65.9 Å². The molecule has 1 heterocycles. The van der Waals surface area contributed by atoms with Crippen LogP contribution in [0, 0.1) is 5.92 Å². The number of ether oxygens (including phenoxy) is 2. The van der Waals surface area contributed by atoms with Gasteiger partial charge >= 0.3 is 11.9 Å². The molecule has 0 radical (unpaired) electrons. The Morgan fingerprint density at radius 1 is 1.06 bits per heavy atom. The fourth-order valence-corrected chi connectivity index (χ4v) is 4.84. The van der Waals surface area contributed by atoms with Gasteiger partial charge in [-0.3, -0.25) is 9.59 Å². The number of amides is 1. The molecule has 1 saturated carbocycles. The Morgan fingerprint density at radius 3 is 2.40 bits per heavy atom. The summed E-state index contributed by atoms with van der Waals surface area (Å²) in [6.45, 7) is -0.393. The fraction of sp³-hybridized carbons (Fsp3) is 0.481. The van der Waals surface area contributed by atoms with E-state index in [1.165, 1.54) is 13.2 Å². The molecule has 35 heavy (non-hydrogen) atoms. The zero-order chi connectivity index (χ0) is 25.2. The molecular weight excluding hydrogens is 514 g/mol. The molecule has 0 aromatic heterocycles. The van der Waals surface area contributed by atoms with E-state index < -0.39 is 18.5 Å². The molecule has 3 rings (SSSR count). The van der Waals surface area contributed by atoms with Crippen LogP contribution in [-0.4, -0.2) is 48.3 Å². The van der Waals surface area contributed by atoms with Gasteiger partial charge in [0.2, 0.25) is 5.91 Å². The number of ketones is 1. The Kier molecular flexibility index (Phi) is 10.3. The molecule has 1 fully saturated rings. The Bertz CT molecular complexity index is 976. The second-order valence-corrected chi connectivity index (χ2v) is 9.80. The lowest BCUT2D eigenvalue weighted by Crippen LogP contribution is -2.44. The standard InChI is InChI=1S/C27H32BrNO6/c1-34-25(31)13-7-9-20-8-6-12-23(29(26(20)32)22-10-4-2-3-5-11-22)27(33)35-18-24(30)19-14-16-21(28)17-15-19/h7,12-17,20,22H,2-6,8-11,18H2,1H3. The second kappa shape index (κ2) is 13.4. The van der Waals surface area contributed by atoms with E-state index in [0.717, 1.165) is 43.0 Å². The van der Waals surface area contributed by atoms with E-state index in [-0.39, 0.29) is 29.3 Å². The molecule has 1 amide bonds. The van der Waals surface area contributed by atoms with E-state index >= 15 is 0 Å². The van der Waals surface area contributed by atoms with Gasteiger partial charge in [0.15, 0.2) is 12.4 Å². The van der Waals surface area contributed by atoms with E-state index in [1.54, 1.807) is 41.3 Å². The monoisotopic (exact) mass is 545 g/mol. The molecule has 1 aromatic carbocycles. The van der Waals surface area contributed by atoms with E-state index in [1.807, 2.05) is 0 Å². The molecule has 0 spiro atoms. The Balaban J connectivity index is 1.76. The van der Waals surface area contributed by atoms with Crippen LogP contribution in [-0.2, 0) is 23.9 Å². The molecular formula is C27H32BrNO6. The van der Waals surface area contributed by atoms with Crippen molar-refractivity contribution in [2.24, 2.45) is 5.92 Å². The summed E-state index contributed by atoms with van der Waals surface area (Å²) in [5.74, 6) is -1.92. The van der Waals surface area contributed by atoms with Crippen molar-refractivity contribution in [3.8, 4) is 0 Å². The van der Waals surface area contributed by atoms with Gasteiger partial charge in [0.05, 0.1) is 7.11 Å². The van der Waals surface area contributed by atoms with Gasteiger partial charge in [0.25, 0.3) is 0 Å². The number of methoxy groups -OCH3 is 1. The van der Waals surface area contributed by atoms with Crippen LogP contribution in [0.3, 0.4) is 0 Å². The van der Waals surface area contributed by atoms with Gasteiger partial charge in [-0.25, -0.2) is 9.59 Å². The zero-order valence-corrected chi connectivity index (χ0v) is 21.6. The van der Waals surface area contributed by atoms with Crippen molar-refractivity contribution in [2.45, 2.75) is 63.8 Å². The van der Waals surface area contributed by atoms with Crippen molar-refractivity contribution >= 4 is 39.6 Å². The van der Waals surface area contributed by atoms with E-state index in [4.69, 9.17) is 4.74 Å². The molecule has 1 aliphatic carbocycles. The summed E-state index contributed by atoms with van der Waals surface area (Å²) in [5.41, 5.74) is 0.676. The minimum atomic E-state index is -0.654. The number of carbonyl (C=O) groups excluding carboxylic acids is 4. The lowest BCUT2D eigenvalue weighted by molar-refractivity contribution is -0.146. The summed E-state index contributed by atoms with van der Waals surface area (Å²) in [6, 6.07) is 6.75. The van der Waals surface area contributed by atoms with E-state index in [2.05, 4.69) is 20.7 Å². The van der Waals surface area contributed by atoms with Crippen LogP contribution in [0.5, 0.6) is 0 Å². The minimum absolute atomic E-state index is 0.0869. The molecule has 0 saturated heterocycles. The third-order valence-electron chi connectivity index (χ3n) is 6.47. The van der Waals surface area contributed by atoms with Crippen molar-refractivity contribution in [2.75, 3.05) is 13.7 Å². The lowest BCUT2D eigenvalue weighted by atomic mass is 9.97. The largest absolute Gasteiger partial charge is 0.466 e. The molecule has 8 heteroatoms. The van der Waals surface area contributed by atoms with Crippen LogP contribution in [0.2, 0.25) is 0 Å². The third kappa shape index (κ3) is 7.62. The smallest absolute Gasteiger partial charge is 0.355 e. The van der Waals surface area contributed by atoms with E-state index in [9.17, 15) is 19.2 Å². The summed E-state index contributed by atoms with van der Waals surface area (Å²) >= 11 is 3.33. The topological polar surface area (TPSA) is 90.0 Å². The number of esters is 2. The summed E-state index contributed by atoms with van der Waals surface area (Å²) in [5, 5.41) is 0. The highest BCUT2D eigenvalue weighted by atomic mass is 79.9. The number of benzene rings is 1. The molecule has 1 aliphatic heterocycles. The van der Waals surface area contributed by atoms with Crippen molar-refractivity contribution in [1.82, 2.24) is 4.90 Å². The van der Waals surface area contributed by atoms with Gasteiger partial charge in [-0.05, 0) is 44.2 Å². The molecule has 7 nitrogen and oxygen atoms in total. The maximum Gasteiger partial charge on any atom is 0.355 e. The maximum absolute atomic E-state index is 13.7. The highest BCUT2D eigenvalue weighted by molar-refractivity contribution is 9.10. The quantitative estimate of drug-likeness (QED) is 0.194. The number of Topliss-reactive ketones (excluding diaryl/α,β-unsaturated/α-hetero) is 1. The molecule has 1 aromatic rings. The minimum Gasteiger partial charge on any atom is -0.466 e. The Labute approximate surface area is 214 Å². The number of nitrogens with zero attached hydrogens (tertiary/aromatic N) is 1. The zero-order valence-electron chi connectivity index (χ0n) is 20.0. The average Bonchev–Trinajstić information content (AvgIpc) is 3.22. The van der Waals surface area contributed by atoms with Crippen LogP contribution >= 0.6 is 15.9 Å². The van der Waals surface area contributed by atoms with Gasteiger partial charge in [0.1, 0.15) is 5.70 Å². The Morgan fingerprint density at radius 2 is 1.74 bits per heavy atom. The summed E-state index contributed by atoms with van der Waals surface area (Å²) in [4.78, 5) is 52.4. The molecule has 1 atom stereocenters. The lowest BCUT2D eigenvalue weighted by Gasteiger charge is -2.33. The summed E-state index contributed by atoms with van der Waals surface area (Å²) < 4.78 is 10.9. The SMILES string of the molecule is COC(=O)C=CCC1CCC=C(C(=O)OCC(=O)c2ccc(Br)cc2)N(C2CCCCCC2)C1=O. The second-order valence-electron chi connectivity index (χ2n) is 8.88. The van der Waals surface area contributed by atoms with Crippen LogP contribution in [0.25, 0.3) is 0 Å². The molecule has 0 bridgehead atoms. The van der Waals surface area contributed by atoms with Crippen molar-refractivity contribution in [3.05, 3.63) is 58.2 Å². The predicted molar refractivity (Wildman–Crippen MR) is 134 cm³/mol. The van der Waals surface area contributed by atoms with Crippen LogP contribution in [0.1, 0.15) is 68.1 Å². The van der Waals surface area contributed by atoms with Crippen molar-refractivity contribution in [1.29, 1.82) is 0 Å². The first kappa shape index (κ1) is 26.9. The predicted octanol–water partition coefficient (Wildman–Crippen LogP) is 5.14. The molecule has 1 unspecified atom stereocenters. The first-order chi connectivity index (χ1) is 16.9. The summed E-state index contributed by atoms with van der Waals surface area (Å²) in [7, 11) is 1.31. The van der Waals surface area contributed by atoms with Crippen molar-refractivity contribution in [3.63, 3.8) is 0 Å². The summed E-state index contributed by atoms with van der Waals surface area (Å²) in [6.07, 6.45) is 12.0. The van der Waals surface area contributed by atoms with Crippen LogP contribution in [0.15, 0.2) is 52.7 Å². The molecule has 2 aliphatic rings.